The average Bonchev–Trinajstić information content (AvgIpc) is 3.54. The molecule has 0 unspecified atom stereocenters. The van der Waals surface area contributed by atoms with Crippen LogP contribution in [0.2, 0.25) is 0 Å². The molecule has 2 aromatic heterocycles. The molecule has 0 radical (unpaired) electrons. The fourth-order valence-corrected chi connectivity index (χ4v) is 4.82. The molecule has 1 N–H and O–H groups in total. The normalized spacial score (nSPS) is 15.5. The van der Waals surface area contributed by atoms with Crippen LogP contribution in [0.4, 0.5) is 0 Å². The molecule has 5 rings (SSSR count). The number of fused-ring (bicyclic) bond motifs is 3. The maximum absolute atomic E-state index is 13.0. The van der Waals surface area contributed by atoms with Crippen molar-refractivity contribution in [2.24, 2.45) is 7.05 Å². The molecule has 1 aliphatic heterocycles. The first-order chi connectivity index (χ1) is 15.2. The Labute approximate surface area is 182 Å². The van der Waals surface area contributed by atoms with Gasteiger partial charge in [0.2, 0.25) is 0 Å². The minimum absolute atomic E-state index is 0.149. The molecule has 0 bridgehead atoms. The van der Waals surface area contributed by atoms with Crippen molar-refractivity contribution in [2.75, 3.05) is 13.1 Å². The number of ether oxygens (including phenoxy) is 1. The standard InChI is InChI=1S/C24H28N4O3/c1-27-23-19-10-4-5-11-21(19)31-16-20(23)22(26-27)24(29)25-12-13-28(17-7-2-3-8-17)15-18-9-6-14-30-18/h4-6,9-11,14,17H,2-3,7-8,12-13,15-16H2,1H3,(H,25,29). The predicted molar refractivity (Wildman–Crippen MR) is 117 cm³/mol. The fraction of sp³-hybridized carbons (Fsp3) is 0.417. The van der Waals surface area contributed by atoms with E-state index in [-0.39, 0.29) is 5.91 Å². The van der Waals surface area contributed by atoms with Gasteiger partial charge in [0.05, 0.1) is 18.5 Å². The molecule has 0 saturated heterocycles. The Morgan fingerprint density at radius 3 is 2.87 bits per heavy atom. The van der Waals surface area contributed by atoms with Crippen LogP contribution in [0, 0.1) is 0 Å². The summed E-state index contributed by atoms with van der Waals surface area (Å²) in [6, 6.07) is 12.4. The molecule has 3 aromatic rings. The highest BCUT2D eigenvalue weighted by molar-refractivity contribution is 5.96. The Balaban J connectivity index is 1.27. The summed E-state index contributed by atoms with van der Waals surface area (Å²) in [6.45, 7) is 2.48. The Kier molecular flexibility index (Phi) is 5.51. The van der Waals surface area contributed by atoms with E-state index < -0.39 is 0 Å². The van der Waals surface area contributed by atoms with Crippen molar-refractivity contribution in [3.63, 3.8) is 0 Å². The van der Waals surface area contributed by atoms with Gasteiger partial charge in [0.25, 0.3) is 5.91 Å². The zero-order valence-corrected chi connectivity index (χ0v) is 17.8. The van der Waals surface area contributed by atoms with E-state index >= 15 is 0 Å². The lowest BCUT2D eigenvalue weighted by molar-refractivity contribution is 0.0933. The summed E-state index contributed by atoms with van der Waals surface area (Å²) in [4.78, 5) is 15.4. The maximum Gasteiger partial charge on any atom is 0.272 e. The number of hydrogen-bond acceptors (Lipinski definition) is 5. The summed E-state index contributed by atoms with van der Waals surface area (Å²) in [5, 5.41) is 7.60. The number of nitrogens with one attached hydrogen (secondary N) is 1. The minimum atomic E-state index is -0.149. The molecule has 7 heteroatoms. The molecule has 1 fully saturated rings. The summed E-state index contributed by atoms with van der Waals surface area (Å²) < 4.78 is 13.2. The summed E-state index contributed by atoms with van der Waals surface area (Å²) in [5.74, 6) is 1.65. The summed E-state index contributed by atoms with van der Waals surface area (Å²) in [5.41, 5.74) is 3.23. The summed E-state index contributed by atoms with van der Waals surface area (Å²) in [7, 11) is 1.88. The zero-order chi connectivity index (χ0) is 21.2. The van der Waals surface area contributed by atoms with Gasteiger partial charge in [-0.25, -0.2) is 0 Å². The molecule has 162 valence electrons. The van der Waals surface area contributed by atoms with Crippen LogP contribution in [0.1, 0.15) is 47.5 Å². The molecule has 2 aliphatic rings. The van der Waals surface area contributed by atoms with Gasteiger partial charge in [-0.3, -0.25) is 14.4 Å². The third-order valence-corrected chi connectivity index (χ3v) is 6.34. The number of furan rings is 1. The number of aromatic nitrogens is 2. The molecule has 0 atom stereocenters. The van der Waals surface area contributed by atoms with Crippen molar-refractivity contribution in [3.05, 3.63) is 59.7 Å². The number of aryl methyl sites for hydroxylation is 1. The van der Waals surface area contributed by atoms with Gasteiger partial charge in [0.1, 0.15) is 18.1 Å². The predicted octanol–water partition coefficient (Wildman–Crippen LogP) is 3.75. The monoisotopic (exact) mass is 420 g/mol. The molecule has 1 aliphatic carbocycles. The van der Waals surface area contributed by atoms with E-state index in [0.29, 0.717) is 24.9 Å². The number of hydrogen-bond donors (Lipinski definition) is 1. The molecular formula is C24H28N4O3. The number of nitrogens with zero attached hydrogens (tertiary/aromatic N) is 3. The molecule has 1 aromatic carbocycles. The second-order valence-electron chi connectivity index (χ2n) is 8.33. The Morgan fingerprint density at radius 1 is 1.23 bits per heavy atom. The smallest absolute Gasteiger partial charge is 0.272 e. The number of benzene rings is 1. The second kappa shape index (κ2) is 8.59. The van der Waals surface area contributed by atoms with Crippen LogP contribution in [0.15, 0.2) is 47.1 Å². The lowest BCUT2D eigenvalue weighted by Gasteiger charge is -2.28. The van der Waals surface area contributed by atoms with Crippen molar-refractivity contribution >= 4 is 5.91 Å². The molecule has 7 nitrogen and oxygen atoms in total. The summed E-state index contributed by atoms with van der Waals surface area (Å²) >= 11 is 0. The van der Waals surface area contributed by atoms with E-state index in [2.05, 4.69) is 15.3 Å². The van der Waals surface area contributed by atoms with Crippen LogP contribution in [-0.2, 0) is 20.2 Å². The molecule has 1 saturated carbocycles. The van der Waals surface area contributed by atoms with Gasteiger partial charge in [-0.15, -0.1) is 0 Å². The molecular weight excluding hydrogens is 392 g/mol. The molecule has 3 heterocycles. The van der Waals surface area contributed by atoms with Crippen molar-refractivity contribution in [2.45, 2.75) is 44.9 Å². The summed E-state index contributed by atoms with van der Waals surface area (Å²) in [6.07, 6.45) is 6.67. The quantitative estimate of drug-likeness (QED) is 0.630. The van der Waals surface area contributed by atoms with Crippen LogP contribution in [0.25, 0.3) is 11.3 Å². The van der Waals surface area contributed by atoms with Crippen LogP contribution < -0.4 is 10.1 Å². The molecule has 0 spiro atoms. The second-order valence-corrected chi connectivity index (χ2v) is 8.33. The van der Waals surface area contributed by atoms with Gasteiger partial charge in [-0.1, -0.05) is 25.0 Å². The Morgan fingerprint density at radius 2 is 2.06 bits per heavy atom. The number of rotatable bonds is 7. The third-order valence-electron chi connectivity index (χ3n) is 6.34. The van der Waals surface area contributed by atoms with E-state index in [1.807, 2.05) is 43.4 Å². The largest absolute Gasteiger partial charge is 0.488 e. The highest BCUT2D eigenvalue weighted by atomic mass is 16.5. The average molecular weight is 421 g/mol. The van der Waals surface area contributed by atoms with Crippen LogP contribution in [-0.4, -0.2) is 39.7 Å². The van der Waals surface area contributed by atoms with Crippen molar-refractivity contribution in [1.82, 2.24) is 20.0 Å². The highest BCUT2D eigenvalue weighted by Crippen LogP contribution is 2.38. The SMILES string of the molecule is Cn1nc(C(=O)NCCN(Cc2ccco2)C2CCCC2)c2c1-c1ccccc1OC2. The van der Waals surface area contributed by atoms with Crippen molar-refractivity contribution in [1.29, 1.82) is 0 Å². The number of carbonyl (C=O) groups is 1. The minimum Gasteiger partial charge on any atom is -0.488 e. The Bertz CT molecular complexity index is 1050. The number of carbonyl (C=O) groups excluding carboxylic acids is 1. The van der Waals surface area contributed by atoms with Gasteiger partial charge in [0, 0.05) is 37.3 Å². The van der Waals surface area contributed by atoms with Gasteiger partial charge in [-0.05, 0) is 37.1 Å². The first-order valence-corrected chi connectivity index (χ1v) is 11.0. The van der Waals surface area contributed by atoms with Crippen molar-refractivity contribution in [3.8, 4) is 17.0 Å². The topological polar surface area (TPSA) is 72.5 Å². The van der Waals surface area contributed by atoms with Gasteiger partial charge in [-0.2, -0.15) is 5.10 Å². The van der Waals surface area contributed by atoms with Gasteiger partial charge in [0.15, 0.2) is 5.69 Å². The first kappa shape index (κ1) is 19.9. The van der Waals surface area contributed by atoms with Crippen molar-refractivity contribution < 1.29 is 13.9 Å². The van der Waals surface area contributed by atoms with E-state index in [1.54, 1.807) is 10.9 Å². The van der Waals surface area contributed by atoms with Gasteiger partial charge < -0.3 is 14.5 Å². The fourth-order valence-electron chi connectivity index (χ4n) is 4.82. The van der Waals surface area contributed by atoms with E-state index in [0.717, 1.165) is 41.4 Å². The first-order valence-electron chi connectivity index (χ1n) is 11.0. The number of amides is 1. The lowest BCUT2D eigenvalue weighted by Crippen LogP contribution is -2.39. The van der Waals surface area contributed by atoms with E-state index in [9.17, 15) is 4.79 Å². The zero-order valence-electron chi connectivity index (χ0n) is 17.8. The lowest BCUT2D eigenvalue weighted by atomic mass is 10.0. The third kappa shape index (κ3) is 3.97. The van der Waals surface area contributed by atoms with E-state index in [1.165, 1.54) is 25.7 Å². The van der Waals surface area contributed by atoms with E-state index in [4.69, 9.17) is 9.15 Å². The molecule has 31 heavy (non-hydrogen) atoms. The van der Waals surface area contributed by atoms with Gasteiger partial charge >= 0.3 is 0 Å². The Hall–Kier alpha value is -3.06. The van der Waals surface area contributed by atoms with Crippen LogP contribution in [0.5, 0.6) is 5.75 Å². The molecule has 1 amide bonds. The maximum atomic E-state index is 13.0. The van der Waals surface area contributed by atoms with Crippen LogP contribution in [0.3, 0.4) is 0 Å². The van der Waals surface area contributed by atoms with Crippen LogP contribution >= 0.6 is 0 Å². The highest BCUT2D eigenvalue weighted by Gasteiger charge is 2.28. The number of para-hydroxylation sites is 1.